The molecule has 0 bridgehead atoms. The molecular weight excluding hydrogens is 306 g/mol. The van der Waals surface area contributed by atoms with E-state index < -0.39 is 16.1 Å². The predicted octanol–water partition coefficient (Wildman–Crippen LogP) is 3.02. The fraction of sp³-hybridized carbons (Fsp3) is 0.333. The van der Waals surface area contributed by atoms with Gasteiger partial charge in [0.1, 0.15) is 4.21 Å². The van der Waals surface area contributed by atoms with Crippen molar-refractivity contribution in [1.29, 1.82) is 0 Å². The summed E-state index contributed by atoms with van der Waals surface area (Å²) in [5, 5.41) is 9.90. The third-order valence-corrected chi connectivity index (χ3v) is 6.41. The molecule has 1 aromatic carbocycles. The molecule has 2 aromatic rings. The van der Waals surface area contributed by atoms with Crippen molar-refractivity contribution in [3.63, 3.8) is 0 Å². The second-order valence-corrected chi connectivity index (χ2v) is 8.18. The lowest BCUT2D eigenvalue weighted by Crippen LogP contribution is -2.37. The minimum atomic E-state index is -3.65. The molecule has 0 aliphatic heterocycles. The molecule has 114 valence electrons. The van der Waals surface area contributed by atoms with Gasteiger partial charge in [-0.25, -0.2) is 8.42 Å². The van der Waals surface area contributed by atoms with Crippen molar-refractivity contribution in [1.82, 2.24) is 0 Å². The van der Waals surface area contributed by atoms with Gasteiger partial charge in [-0.2, -0.15) is 0 Å². The first-order valence-corrected chi connectivity index (χ1v) is 9.03. The van der Waals surface area contributed by atoms with Crippen LogP contribution in [0.4, 0.5) is 5.69 Å². The highest BCUT2D eigenvalue weighted by atomic mass is 32.2. The van der Waals surface area contributed by atoms with Crippen molar-refractivity contribution >= 4 is 27.0 Å². The molecule has 21 heavy (non-hydrogen) atoms. The lowest BCUT2D eigenvalue weighted by molar-refractivity contribution is 0.179. The minimum Gasteiger partial charge on any atom is -0.391 e. The van der Waals surface area contributed by atoms with Crippen LogP contribution in [0.15, 0.2) is 46.7 Å². The Morgan fingerprint density at radius 1 is 1.19 bits per heavy atom. The van der Waals surface area contributed by atoms with E-state index in [1.165, 1.54) is 15.6 Å². The van der Waals surface area contributed by atoms with Crippen LogP contribution in [-0.2, 0) is 10.0 Å². The van der Waals surface area contributed by atoms with Crippen molar-refractivity contribution in [3.8, 4) is 0 Å². The molecular formula is C15H19NO3S2. The van der Waals surface area contributed by atoms with Gasteiger partial charge in [0.15, 0.2) is 0 Å². The highest BCUT2D eigenvalue weighted by Crippen LogP contribution is 2.28. The topological polar surface area (TPSA) is 57.6 Å². The zero-order valence-corrected chi connectivity index (χ0v) is 13.7. The fourth-order valence-corrected chi connectivity index (χ4v) is 4.82. The maximum atomic E-state index is 12.8. The first kappa shape index (κ1) is 16.0. The monoisotopic (exact) mass is 325 g/mol. The van der Waals surface area contributed by atoms with Gasteiger partial charge >= 0.3 is 0 Å². The first-order valence-electron chi connectivity index (χ1n) is 6.77. The number of nitrogens with zero attached hydrogens (tertiary/aromatic N) is 1. The molecule has 0 spiro atoms. The Hall–Kier alpha value is -1.37. The molecule has 1 aromatic heterocycles. The Morgan fingerprint density at radius 2 is 1.86 bits per heavy atom. The first-order chi connectivity index (χ1) is 9.95. The van der Waals surface area contributed by atoms with Gasteiger partial charge in [0, 0.05) is 4.88 Å². The zero-order valence-electron chi connectivity index (χ0n) is 12.1. The Labute approximate surface area is 129 Å². The van der Waals surface area contributed by atoms with Crippen molar-refractivity contribution in [3.05, 3.63) is 47.3 Å². The number of aryl methyl sites for hydroxylation is 1. The highest BCUT2D eigenvalue weighted by Gasteiger charge is 2.27. The van der Waals surface area contributed by atoms with E-state index in [-0.39, 0.29) is 6.54 Å². The average molecular weight is 325 g/mol. The standard InChI is InChI=1S/C15H19NO3S2/c1-3-14(17)11-16(13-7-5-4-6-8-13)21(18,19)15-10-9-12(2)20-15/h4-10,14,17H,3,11H2,1-2H3. The number of para-hydroxylation sites is 1. The molecule has 1 N–H and O–H groups in total. The summed E-state index contributed by atoms with van der Waals surface area (Å²) in [4.78, 5) is 0.942. The molecule has 2 rings (SSSR count). The van der Waals surface area contributed by atoms with Crippen molar-refractivity contribution in [2.24, 2.45) is 0 Å². The fourth-order valence-electron chi connectivity index (χ4n) is 1.92. The Morgan fingerprint density at radius 3 is 2.38 bits per heavy atom. The smallest absolute Gasteiger partial charge is 0.273 e. The number of thiophene rings is 1. The lowest BCUT2D eigenvalue weighted by Gasteiger charge is -2.25. The predicted molar refractivity (Wildman–Crippen MR) is 86.3 cm³/mol. The van der Waals surface area contributed by atoms with Crippen LogP contribution in [0.5, 0.6) is 0 Å². The van der Waals surface area contributed by atoms with Crippen molar-refractivity contribution in [2.45, 2.75) is 30.6 Å². The van der Waals surface area contributed by atoms with E-state index in [1.54, 1.807) is 36.4 Å². The van der Waals surface area contributed by atoms with Crippen LogP contribution in [0, 0.1) is 6.92 Å². The lowest BCUT2D eigenvalue weighted by atomic mass is 10.2. The maximum absolute atomic E-state index is 12.8. The van der Waals surface area contributed by atoms with Gasteiger partial charge in [-0.3, -0.25) is 4.31 Å². The Bertz CT molecular complexity index is 680. The maximum Gasteiger partial charge on any atom is 0.273 e. The van der Waals surface area contributed by atoms with E-state index in [4.69, 9.17) is 0 Å². The Kier molecular flexibility index (Phi) is 5.03. The summed E-state index contributed by atoms with van der Waals surface area (Å²) in [5.74, 6) is 0. The van der Waals surface area contributed by atoms with Gasteiger partial charge in [0.05, 0.1) is 18.3 Å². The third-order valence-electron chi connectivity index (χ3n) is 3.15. The van der Waals surface area contributed by atoms with Gasteiger partial charge in [-0.15, -0.1) is 11.3 Å². The molecule has 1 unspecified atom stereocenters. The van der Waals surface area contributed by atoms with Gasteiger partial charge < -0.3 is 5.11 Å². The van der Waals surface area contributed by atoms with E-state index in [0.29, 0.717) is 16.3 Å². The van der Waals surface area contributed by atoms with E-state index in [2.05, 4.69) is 0 Å². The van der Waals surface area contributed by atoms with E-state index in [0.717, 1.165) is 4.88 Å². The van der Waals surface area contributed by atoms with Crippen LogP contribution in [0.1, 0.15) is 18.2 Å². The van der Waals surface area contributed by atoms with E-state index in [9.17, 15) is 13.5 Å². The normalized spacial score (nSPS) is 13.1. The van der Waals surface area contributed by atoms with Gasteiger partial charge in [-0.1, -0.05) is 25.1 Å². The van der Waals surface area contributed by atoms with Gasteiger partial charge in [-0.05, 0) is 37.6 Å². The summed E-state index contributed by atoms with van der Waals surface area (Å²) in [6.07, 6.45) is -0.191. The molecule has 4 nitrogen and oxygen atoms in total. The van der Waals surface area contributed by atoms with Crippen molar-refractivity contribution < 1.29 is 13.5 Å². The molecule has 0 radical (unpaired) electrons. The number of hydrogen-bond donors (Lipinski definition) is 1. The van der Waals surface area contributed by atoms with Gasteiger partial charge in [0.25, 0.3) is 10.0 Å². The number of sulfonamides is 1. The molecule has 0 amide bonds. The zero-order chi connectivity index (χ0) is 15.5. The second-order valence-electron chi connectivity index (χ2n) is 4.80. The van der Waals surface area contributed by atoms with Crippen LogP contribution < -0.4 is 4.31 Å². The summed E-state index contributed by atoms with van der Waals surface area (Å²) in [7, 11) is -3.65. The number of hydrogen-bond acceptors (Lipinski definition) is 4. The van der Waals surface area contributed by atoms with Gasteiger partial charge in [0.2, 0.25) is 0 Å². The minimum absolute atomic E-state index is 0.0554. The number of aliphatic hydroxyl groups excluding tert-OH is 1. The SMILES string of the molecule is CCC(O)CN(c1ccccc1)S(=O)(=O)c1ccc(C)s1. The molecule has 0 saturated carbocycles. The number of rotatable bonds is 6. The summed E-state index contributed by atoms with van der Waals surface area (Å²) in [6.45, 7) is 3.76. The molecule has 0 aliphatic carbocycles. The molecule has 0 fully saturated rings. The van der Waals surface area contributed by atoms with E-state index >= 15 is 0 Å². The van der Waals surface area contributed by atoms with Crippen LogP contribution in [-0.4, -0.2) is 26.2 Å². The summed E-state index contributed by atoms with van der Waals surface area (Å²) in [6, 6.07) is 12.3. The van der Waals surface area contributed by atoms with Crippen LogP contribution >= 0.6 is 11.3 Å². The van der Waals surface area contributed by atoms with E-state index in [1.807, 2.05) is 19.9 Å². The average Bonchev–Trinajstić information content (AvgIpc) is 2.92. The highest BCUT2D eigenvalue weighted by molar-refractivity contribution is 7.94. The summed E-state index contributed by atoms with van der Waals surface area (Å²) < 4.78 is 27.2. The third kappa shape index (κ3) is 3.64. The number of benzene rings is 1. The largest absolute Gasteiger partial charge is 0.391 e. The second kappa shape index (κ2) is 6.60. The number of anilines is 1. The number of aliphatic hydroxyl groups is 1. The van der Waals surface area contributed by atoms with Crippen LogP contribution in [0.25, 0.3) is 0 Å². The molecule has 0 saturated heterocycles. The molecule has 0 aliphatic rings. The quantitative estimate of drug-likeness (QED) is 0.888. The molecule has 1 heterocycles. The summed E-state index contributed by atoms with van der Waals surface area (Å²) in [5.41, 5.74) is 0.566. The van der Waals surface area contributed by atoms with Crippen molar-refractivity contribution in [2.75, 3.05) is 10.8 Å². The molecule has 1 atom stereocenters. The molecule has 6 heteroatoms. The van der Waals surface area contributed by atoms with Crippen LogP contribution in [0.3, 0.4) is 0 Å². The summed E-state index contributed by atoms with van der Waals surface area (Å²) >= 11 is 1.24. The van der Waals surface area contributed by atoms with Crippen LogP contribution in [0.2, 0.25) is 0 Å². The Balaban J connectivity index is 2.44.